The van der Waals surface area contributed by atoms with Crippen molar-refractivity contribution < 1.29 is 27.7 Å². The molecule has 2 rings (SSSR count). The third kappa shape index (κ3) is 6.46. The van der Waals surface area contributed by atoms with Crippen molar-refractivity contribution in [2.24, 2.45) is 0 Å². The molecule has 1 amide bonds. The first-order valence-electron chi connectivity index (χ1n) is 9.24. The van der Waals surface area contributed by atoms with Gasteiger partial charge < -0.3 is 14.5 Å². The quantitative estimate of drug-likeness (QED) is 0.310. The number of rotatable bonds is 10. The number of hydrogen-bond acceptors (Lipinski definition) is 6. The van der Waals surface area contributed by atoms with E-state index in [2.05, 4.69) is 10.3 Å². The van der Waals surface area contributed by atoms with Gasteiger partial charge in [0, 0.05) is 63.8 Å². The largest absolute Gasteiger partial charge is 0.548 e. The minimum absolute atomic E-state index is 0. The topological polar surface area (TPSA) is 141 Å². The van der Waals surface area contributed by atoms with E-state index in [4.69, 9.17) is 0 Å². The van der Waals surface area contributed by atoms with E-state index in [1.54, 1.807) is 0 Å². The molecular weight excluding hydrogens is 437 g/mol. The summed E-state index contributed by atoms with van der Waals surface area (Å²) in [4.78, 5) is 28.0. The zero-order valence-corrected chi connectivity index (χ0v) is 21.2. The van der Waals surface area contributed by atoms with Crippen LogP contribution in [0, 0.1) is 0 Å². The van der Waals surface area contributed by atoms with Gasteiger partial charge >= 0.3 is 0 Å². The number of carboxylic acid groups (broad SMARTS) is 1. The van der Waals surface area contributed by atoms with Gasteiger partial charge in [0.05, 0.1) is 17.1 Å². The summed E-state index contributed by atoms with van der Waals surface area (Å²) < 4.78 is 33.7. The van der Waals surface area contributed by atoms with Gasteiger partial charge in [-0.3, -0.25) is 14.7 Å². The number of nitrogens with one attached hydrogen (secondary N) is 1. The van der Waals surface area contributed by atoms with E-state index in [0.29, 0.717) is 6.42 Å². The van der Waals surface area contributed by atoms with Crippen LogP contribution in [0.1, 0.15) is 56.3 Å². The molecule has 0 saturated carbocycles. The summed E-state index contributed by atoms with van der Waals surface area (Å²) >= 11 is 0. The third-order valence-corrected chi connectivity index (χ3v) is 5.68. The Morgan fingerprint density at radius 3 is 2.50 bits per heavy atom. The van der Waals surface area contributed by atoms with E-state index in [1.807, 2.05) is 6.92 Å². The van der Waals surface area contributed by atoms with E-state index in [-0.39, 0.29) is 69.3 Å². The van der Waals surface area contributed by atoms with Crippen LogP contribution >= 0.6 is 0 Å². The van der Waals surface area contributed by atoms with Gasteiger partial charge in [0.25, 0.3) is 16.0 Å². The first-order valence-corrected chi connectivity index (χ1v) is 10.7. The van der Waals surface area contributed by atoms with E-state index in [9.17, 15) is 27.7 Å². The monoisotopic (exact) mass is 461 g/mol. The van der Waals surface area contributed by atoms with Crippen LogP contribution in [0.25, 0.3) is 0 Å². The SMILES string of the molecule is CCCCCC[C@](C)(C(=O)[O-])n1ccnc1NC(=O)c1ccccc1S(=O)(=O)O.[K]. The van der Waals surface area contributed by atoms with Crippen molar-refractivity contribution in [3.05, 3.63) is 42.2 Å². The molecule has 1 radical (unpaired) electrons. The average molecular weight is 462 g/mol. The molecule has 30 heavy (non-hydrogen) atoms. The number of carbonyl (C=O) groups is 2. The molecule has 159 valence electrons. The molecule has 0 fully saturated rings. The maximum atomic E-state index is 12.6. The normalized spacial score (nSPS) is 13.2. The van der Waals surface area contributed by atoms with Crippen LogP contribution in [0.2, 0.25) is 0 Å². The molecule has 0 aliphatic carbocycles. The van der Waals surface area contributed by atoms with Gasteiger partial charge in [-0.1, -0.05) is 44.7 Å². The van der Waals surface area contributed by atoms with Crippen molar-refractivity contribution >= 4 is 79.3 Å². The predicted molar refractivity (Wildman–Crippen MR) is 110 cm³/mol. The molecule has 1 heterocycles. The fourth-order valence-electron chi connectivity index (χ4n) is 3.06. The fourth-order valence-corrected chi connectivity index (χ4v) is 3.75. The molecule has 0 aliphatic heterocycles. The number of carbonyl (C=O) groups excluding carboxylic acids is 2. The van der Waals surface area contributed by atoms with Crippen LogP contribution in [0.5, 0.6) is 0 Å². The van der Waals surface area contributed by atoms with E-state index in [1.165, 1.54) is 42.1 Å². The summed E-state index contributed by atoms with van der Waals surface area (Å²) in [5.74, 6) is -2.24. The molecule has 1 atom stereocenters. The fraction of sp³-hybridized carbons (Fsp3) is 0.421. The second-order valence-corrected chi connectivity index (χ2v) is 8.31. The Balaban J connectivity index is 0.00000450. The Labute approximate surface area is 218 Å². The number of anilines is 1. The maximum absolute atomic E-state index is 12.6. The summed E-state index contributed by atoms with van der Waals surface area (Å²) in [7, 11) is -4.62. The summed E-state index contributed by atoms with van der Waals surface area (Å²) in [6, 6.07) is 5.13. The molecular formula is C19H24KN3O6S-. The summed E-state index contributed by atoms with van der Waals surface area (Å²) in [6.07, 6.45) is 6.51. The standard InChI is InChI=1S/C19H25N3O6S.K/c1-3-4-5-8-11-19(2,17(24)25)22-13-12-20-18(22)21-16(23)14-9-6-7-10-15(14)29(26,27)28;/h6-7,9-10,12-13H,3-5,8,11H2,1-2H3,(H,24,25)(H,20,21,23)(H,26,27,28);/p-1/t19-;/m1./s1. The molecule has 0 aliphatic rings. The molecule has 0 saturated heterocycles. The summed E-state index contributed by atoms with van der Waals surface area (Å²) in [5.41, 5.74) is -1.74. The number of hydrogen-bond donors (Lipinski definition) is 2. The Hall–Kier alpha value is -1.08. The van der Waals surface area contributed by atoms with Crippen molar-refractivity contribution in [2.45, 2.75) is 56.4 Å². The van der Waals surface area contributed by atoms with Crippen LogP contribution in [0.4, 0.5) is 5.95 Å². The number of benzene rings is 1. The molecule has 2 N–H and O–H groups in total. The van der Waals surface area contributed by atoms with Crippen molar-refractivity contribution in [1.29, 1.82) is 0 Å². The van der Waals surface area contributed by atoms with Crippen molar-refractivity contribution in [3.63, 3.8) is 0 Å². The number of nitrogens with zero attached hydrogens (tertiary/aromatic N) is 2. The Kier molecular flexibility index (Phi) is 10.3. The van der Waals surface area contributed by atoms with Crippen molar-refractivity contribution in [3.8, 4) is 0 Å². The van der Waals surface area contributed by atoms with E-state index in [0.717, 1.165) is 25.3 Å². The molecule has 11 heteroatoms. The van der Waals surface area contributed by atoms with Gasteiger partial charge in [-0.25, -0.2) is 4.98 Å². The molecule has 1 aromatic carbocycles. The predicted octanol–water partition coefficient (Wildman–Crippen LogP) is 1.44. The first-order chi connectivity index (χ1) is 13.6. The number of amides is 1. The zero-order chi connectivity index (χ0) is 21.7. The van der Waals surface area contributed by atoms with E-state index >= 15 is 0 Å². The molecule has 0 unspecified atom stereocenters. The van der Waals surface area contributed by atoms with Crippen LogP contribution in [-0.4, -0.2) is 85.8 Å². The molecule has 0 spiro atoms. The first kappa shape index (κ1) is 27.0. The minimum atomic E-state index is -4.62. The van der Waals surface area contributed by atoms with Crippen molar-refractivity contribution in [2.75, 3.05) is 5.32 Å². The average Bonchev–Trinajstić information content (AvgIpc) is 3.13. The maximum Gasteiger partial charge on any atom is 0.295 e. The number of unbranched alkanes of at least 4 members (excludes halogenated alkanes) is 3. The molecule has 9 nitrogen and oxygen atoms in total. The number of imidazole rings is 1. The smallest absolute Gasteiger partial charge is 0.295 e. The second kappa shape index (κ2) is 11.5. The van der Waals surface area contributed by atoms with Gasteiger partial charge in [-0.2, -0.15) is 8.42 Å². The van der Waals surface area contributed by atoms with Crippen LogP contribution < -0.4 is 10.4 Å². The van der Waals surface area contributed by atoms with E-state index < -0.39 is 32.4 Å². The van der Waals surface area contributed by atoms with Gasteiger partial charge in [0.2, 0.25) is 5.95 Å². The van der Waals surface area contributed by atoms with Crippen LogP contribution in [0.15, 0.2) is 41.6 Å². The van der Waals surface area contributed by atoms with Crippen LogP contribution in [0.3, 0.4) is 0 Å². The Bertz CT molecular complexity index is 992. The van der Waals surface area contributed by atoms with Gasteiger partial charge in [0.15, 0.2) is 0 Å². The number of carboxylic acids is 1. The molecule has 2 aromatic rings. The minimum Gasteiger partial charge on any atom is -0.548 e. The third-order valence-electron chi connectivity index (χ3n) is 4.76. The van der Waals surface area contributed by atoms with Crippen LogP contribution in [-0.2, 0) is 20.5 Å². The number of aliphatic carboxylic acids is 1. The summed E-state index contributed by atoms with van der Waals surface area (Å²) in [6.45, 7) is 3.53. The zero-order valence-electron chi connectivity index (χ0n) is 17.3. The number of aromatic nitrogens is 2. The molecule has 0 bridgehead atoms. The Morgan fingerprint density at radius 2 is 1.90 bits per heavy atom. The van der Waals surface area contributed by atoms with Gasteiger partial charge in [-0.15, -0.1) is 0 Å². The van der Waals surface area contributed by atoms with Crippen molar-refractivity contribution in [1.82, 2.24) is 9.55 Å². The van der Waals surface area contributed by atoms with Gasteiger partial charge in [0.1, 0.15) is 4.90 Å². The second-order valence-electron chi connectivity index (χ2n) is 6.92. The Morgan fingerprint density at radius 1 is 1.23 bits per heavy atom. The summed E-state index contributed by atoms with van der Waals surface area (Å²) in [5, 5.41) is 14.3. The van der Waals surface area contributed by atoms with Gasteiger partial charge in [-0.05, 0) is 25.5 Å². The molecule has 1 aromatic heterocycles.